The molecule has 1 amide bonds. The minimum absolute atomic E-state index is 0.148. The predicted octanol–water partition coefficient (Wildman–Crippen LogP) is 0.359. The Morgan fingerprint density at radius 1 is 1.44 bits per heavy atom. The number of aromatic nitrogens is 2. The largest absolute Gasteiger partial charge is 0.333 e. The number of hydrogen-bond acceptors (Lipinski definition) is 4. The summed E-state index contributed by atoms with van der Waals surface area (Å²) in [4.78, 5) is 24.9. The number of nitrogens with zero attached hydrogens (tertiary/aromatic N) is 2. The second-order valence-electron chi connectivity index (χ2n) is 4.06. The van der Waals surface area contributed by atoms with Crippen LogP contribution in [0.4, 0.5) is 0 Å². The predicted molar refractivity (Wildman–Crippen MR) is 69.3 cm³/mol. The smallest absolute Gasteiger partial charge is 0.274 e. The Morgan fingerprint density at radius 3 is 2.56 bits per heavy atom. The Kier molecular flexibility index (Phi) is 5.51. The zero-order valence-electron chi connectivity index (χ0n) is 10.8. The summed E-state index contributed by atoms with van der Waals surface area (Å²) in [6, 6.07) is 2.88. The van der Waals surface area contributed by atoms with Crippen LogP contribution >= 0.6 is 0 Å². The van der Waals surface area contributed by atoms with Crippen LogP contribution in [-0.4, -0.2) is 40.1 Å². The number of rotatable bonds is 6. The Labute approximate surface area is 106 Å². The number of hydrogen-bond donors (Lipinski definition) is 2. The van der Waals surface area contributed by atoms with E-state index in [4.69, 9.17) is 5.73 Å². The van der Waals surface area contributed by atoms with E-state index in [-0.39, 0.29) is 23.2 Å². The Balaban J connectivity index is 2.94. The van der Waals surface area contributed by atoms with Gasteiger partial charge in [0.05, 0.1) is 0 Å². The summed E-state index contributed by atoms with van der Waals surface area (Å²) in [7, 11) is 0. The van der Waals surface area contributed by atoms with Crippen LogP contribution in [0.15, 0.2) is 16.9 Å². The zero-order valence-corrected chi connectivity index (χ0v) is 10.8. The number of carbonyl (C=O) groups excluding carboxylic acids is 1. The van der Waals surface area contributed by atoms with Gasteiger partial charge in [-0.1, -0.05) is 13.8 Å². The van der Waals surface area contributed by atoms with Crippen LogP contribution in [0.2, 0.25) is 0 Å². The van der Waals surface area contributed by atoms with Crippen molar-refractivity contribution in [1.82, 2.24) is 15.1 Å². The summed E-state index contributed by atoms with van der Waals surface area (Å²) in [5.74, 6) is -0.189. The maximum atomic E-state index is 12.3. The summed E-state index contributed by atoms with van der Waals surface area (Å²) in [6.45, 7) is 4.97. The molecule has 0 spiro atoms. The molecule has 0 radical (unpaired) electrons. The molecule has 6 nitrogen and oxygen atoms in total. The zero-order chi connectivity index (χ0) is 13.5. The van der Waals surface area contributed by atoms with Crippen LogP contribution < -0.4 is 11.3 Å². The van der Waals surface area contributed by atoms with Gasteiger partial charge in [0.2, 0.25) is 0 Å². The van der Waals surface area contributed by atoms with Gasteiger partial charge in [0.1, 0.15) is 5.69 Å². The lowest BCUT2D eigenvalue weighted by Gasteiger charge is -2.29. The third-order valence-electron chi connectivity index (χ3n) is 2.91. The van der Waals surface area contributed by atoms with Crippen LogP contribution in [0.25, 0.3) is 0 Å². The first kappa shape index (κ1) is 14.4. The van der Waals surface area contributed by atoms with Gasteiger partial charge < -0.3 is 10.6 Å². The molecule has 0 aliphatic rings. The minimum atomic E-state index is -0.320. The molecule has 1 rings (SSSR count). The number of H-pyrrole nitrogens is 1. The standard InChI is InChI=1S/C12H20N4O2/c1-3-9(4-2)16(8-7-13)12(18)10-5-6-11(17)15-14-10/h5-6,9H,3-4,7-8,13H2,1-2H3,(H,15,17). The van der Waals surface area contributed by atoms with Gasteiger partial charge in [-0.25, -0.2) is 5.10 Å². The number of nitrogens with one attached hydrogen (secondary N) is 1. The number of carbonyl (C=O) groups is 1. The van der Waals surface area contributed by atoms with Gasteiger partial charge in [-0.15, -0.1) is 0 Å². The highest BCUT2D eigenvalue weighted by Crippen LogP contribution is 2.11. The first-order valence-electron chi connectivity index (χ1n) is 6.20. The van der Waals surface area contributed by atoms with Crippen LogP contribution in [0.1, 0.15) is 37.2 Å². The molecular weight excluding hydrogens is 232 g/mol. The Hall–Kier alpha value is -1.69. The van der Waals surface area contributed by atoms with Crippen molar-refractivity contribution in [2.75, 3.05) is 13.1 Å². The van der Waals surface area contributed by atoms with Gasteiger partial charge in [0.25, 0.3) is 11.5 Å². The van der Waals surface area contributed by atoms with Gasteiger partial charge in [0, 0.05) is 25.2 Å². The lowest BCUT2D eigenvalue weighted by atomic mass is 10.1. The van der Waals surface area contributed by atoms with Crippen LogP contribution in [-0.2, 0) is 0 Å². The average Bonchev–Trinajstić information content (AvgIpc) is 2.39. The molecule has 0 atom stereocenters. The second kappa shape index (κ2) is 6.90. The van der Waals surface area contributed by atoms with E-state index in [0.717, 1.165) is 12.8 Å². The van der Waals surface area contributed by atoms with Gasteiger partial charge in [0.15, 0.2) is 0 Å². The third kappa shape index (κ3) is 3.40. The number of nitrogens with two attached hydrogens (primary N) is 1. The molecule has 1 aromatic rings. The first-order valence-corrected chi connectivity index (χ1v) is 6.20. The van der Waals surface area contributed by atoms with E-state index in [9.17, 15) is 9.59 Å². The van der Waals surface area contributed by atoms with Crippen molar-refractivity contribution < 1.29 is 4.79 Å². The molecule has 0 saturated heterocycles. The fourth-order valence-electron chi connectivity index (χ4n) is 1.93. The molecule has 0 aliphatic carbocycles. The minimum Gasteiger partial charge on any atom is -0.333 e. The summed E-state index contributed by atoms with van der Waals surface area (Å²) < 4.78 is 0. The first-order chi connectivity index (χ1) is 8.63. The Bertz CT molecular complexity index is 419. The fourth-order valence-corrected chi connectivity index (χ4v) is 1.93. The lowest BCUT2D eigenvalue weighted by molar-refractivity contribution is 0.0667. The molecule has 18 heavy (non-hydrogen) atoms. The van der Waals surface area contributed by atoms with Crippen molar-refractivity contribution in [2.24, 2.45) is 5.73 Å². The van der Waals surface area contributed by atoms with E-state index >= 15 is 0 Å². The van der Waals surface area contributed by atoms with Crippen LogP contribution in [0.5, 0.6) is 0 Å². The highest BCUT2D eigenvalue weighted by Gasteiger charge is 2.22. The summed E-state index contributed by atoms with van der Waals surface area (Å²) in [5, 5.41) is 6.03. The van der Waals surface area contributed by atoms with Crippen molar-refractivity contribution in [3.63, 3.8) is 0 Å². The molecule has 100 valence electrons. The van der Waals surface area contributed by atoms with Gasteiger partial charge in [-0.3, -0.25) is 9.59 Å². The molecule has 1 heterocycles. The lowest BCUT2D eigenvalue weighted by Crippen LogP contribution is -2.43. The van der Waals surface area contributed by atoms with E-state index in [0.29, 0.717) is 13.1 Å². The summed E-state index contributed by atoms with van der Waals surface area (Å²) in [6.07, 6.45) is 1.73. The third-order valence-corrected chi connectivity index (χ3v) is 2.91. The molecule has 3 N–H and O–H groups in total. The molecule has 0 aliphatic heterocycles. The Morgan fingerprint density at radius 2 is 2.11 bits per heavy atom. The van der Waals surface area contributed by atoms with Crippen molar-refractivity contribution in [3.05, 3.63) is 28.2 Å². The molecule has 0 bridgehead atoms. The topological polar surface area (TPSA) is 92.1 Å². The highest BCUT2D eigenvalue weighted by molar-refractivity contribution is 5.92. The van der Waals surface area contributed by atoms with Crippen LogP contribution in [0.3, 0.4) is 0 Å². The van der Waals surface area contributed by atoms with Crippen molar-refractivity contribution >= 4 is 5.91 Å². The van der Waals surface area contributed by atoms with Crippen LogP contribution in [0, 0.1) is 0 Å². The fraction of sp³-hybridized carbons (Fsp3) is 0.583. The number of aromatic amines is 1. The normalized spacial score (nSPS) is 10.7. The van der Waals surface area contributed by atoms with E-state index in [1.54, 1.807) is 4.90 Å². The highest BCUT2D eigenvalue weighted by atomic mass is 16.2. The monoisotopic (exact) mass is 252 g/mol. The molecule has 0 unspecified atom stereocenters. The summed E-state index contributed by atoms with van der Waals surface area (Å²) in [5.41, 5.74) is 5.47. The van der Waals surface area contributed by atoms with Crippen molar-refractivity contribution in [3.8, 4) is 0 Å². The van der Waals surface area contributed by atoms with Crippen molar-refractivity contribution in [2.45, 2.75) is 32.7 Å². The quantitative estimate of drug-likeness (QED) is 0.764. The number of amides is 1. The second-order valence-corrected chi connectivity index (χ2v) is 4.06. The van der Waals surface area contributed by atoms with E-state index < -0.39 is 0 Å². The SMILES string of the molecule is CCC(CC)N(CCN)C(=O)c1ccc(=O)[nH]n1. The molecule has 0 fully saturated rings. The average molecular weight is 252 g/mol. The van der Waals surface area contributed by atoms with Gasteiger partial charge in [-0.2, -0.15) is 5.10 Å². The molecular formula is C12H20N4O2. The van der Waals surface area contributed by atoms with Gasteiger partial charge in [-0.05, 0) is 18.9 Å². The van der Waals surface area contributed by atoms with Crippen molar-refractivity contribution in [1.29, 1.82) is 0 Å². The van der Waals surface area contributed by atoms with E-state index in [1.807, 2.05) is 13.8 Å². The maximum Gasteiger partial charge on any atom is 0.274 e. The van der Waals surface area contributed by atoms with E-state index in [2.05, 4.69) is 10.2 Å². The van der Waals surface area contributed by atoms with Gasteiger partial charge >= 0.3 is 0 Å². The maximum absolute atomic E-state index is 12.3. The summed E-state index contributed by atoms with van der Waals surface area (Å²) >= 11 is 0. The molecule has 1 aromatic heterocycles. The van der Waals surface area contributed by atoms with E-state index in [1.165, 1.54) is 12.1 Å². The molecule has 6 heteroatoms. The molecule has 0 aromatic carbocycles. The molecule has 0 saturated carbocycles.